The van der Waals surface area contributed by atoms with Gasteiger partial charge < -0.3 is 15.0 Å². The highest BCUT2D eigenvalue weighted by atomic mass is 32.2. The van der Waals surface area contributed by atoms with Gasteiger partial charge in [-0.1, -0.05) is 61.0 Å². The molecule has 214 valence electrons. The van der Waals surface area contributed by atoms with E-state index >= 15 is 0 Å². The maximum absolute atomic E-state index is 14.1. The van der Waals surface area contributed by atoms with Gasteiger partial charge in [-0.3, -0.25) is 13.9 Å². The predicted molar refractivity (Wildman–Crippen MR) is 158 cm³/mol. The van der Waals surface area contributed by atoms with Crippen molar-refractivity contribution in [3.05, 3.63) is 89.5 Å². The fourth-order valence-corrected chi connectivity index (χ4v) is 5.63. The molecule has 0 fully saturated rings. The first kappa shape index (κ1) is 30.7. The molecule has 0 saturated heterocycles. The van der Waals surface area contributed by atoms with Crippen molar-refractivity contribution < 1.29 is 22.7 Å². The van der Waals surface area contributed by atoms with Gasteiger partial charge >= 0.3 is 0 Å². The topological polar surface area (TPSA) is 96.0 Å². The number of rotatable bonds is 12. The second kappa shape index (κ2) is 13.5. The number of anilines is 1. The summed E-state index contributed by atoms with van der Waals surface area (Å²) >= 11 is 0. The average Bonchev–Trinajstić information content (AvgIpc) is 2.95. The Bertz CT molecular complexity index is 1420. The highest BCUT2D eigenvalue weighted by Crippen LogP contribution is 2.32. The molecule has 0 saturated carbocycles. The van der Waals surface area contributed by atoms with Crippen molar-refractivity contribution in [3.63, 3.8) is 0 Å². The third-order valence-electron chi connectivity index (χ3n) is 7.01. The van der Waals surface area contributed by atoms with Gasteiger partial charge in [0.1, 0.15) is 18.3 Å². The van der Waals surface area contributed by atoms with E-state index in [1.807, 2.05) is 52.0 Å². The van der Waals surface area contributed by atoms with Gasteiger partial charge in [-0.2, -0.15) is 0 Å². The lowest BCUT2D eigenvalue weighted by Crippen LogP contribution is -2.52. The van der Waals surface area contributed by atoms with Crippen molar-refractivity contribution in [1.82, 2.24) is 10.2 Å². The molecule has 0 aromatic heterocycles. The highest BCUT2D eigenvalue weighted by molar-refractivity contribution is 7.92. The minimum absolute atomic E-state index is 0.0461. The third-order valence-corrected chi connectivity index (χ3v) is 8.79. The van der Waals surface area contributed by atoms with Gasteiger partial charge in [-0.05, 0) is 69.5 Å². The van der Waals surface area contributed by atoms with Crippen LogP contribution >= 0.6 is 0 Å². The van der Waals surface area contributed by atoms with Gasteiger partial charge in [0.25, 0.3) is 10.0 Å². The molecule has 0 radical (unpaired) electrons. The Morgan fingerprint density at radius 3 is 2.17 bits per heavy atom. The second-order valence-electron chi connectivity index (χ2n) is 9.94. The number of nitrogens with zero attached hydrogens (tertiary/aromatic N) is 2. The Morgan fingerprint density at radius 2 is 1.55 bits per heavy atom. The molecule has 2 atom stereocenters. The van der Waals surface area contributed by atoms with Gasteiger partial charge in [0.2, 0.25) is 11.8 Å². The van der Waals surface area contributed by atoms with E-state index in [0.29, 0.717) is 5.75 Å². The molecule has 3 aromatic carbocycles. The van der Waals surface area contributed by atoms with Gasteiger partial charge in [0, 0.05) is 12.6 Å². The van der Waals surface area contributed by atoms with Crippen LogP contribution in [-0.2, 0) is 26.2 Å². The third kappa shape index (κ3) is 7.21. The van der Waals surface area contributed by atoms with Crippen LogP contribution in [0.4, 0.5) is 5.69 Å². The summed E-state index contributed by atoms with van der Waals surface area (Å²) in [5.74, 6) is -0.517. The van der Waals surface area contributed by atoms with Crippen molar-refractivity contribution in [2.75, 3.05) is 18.0 Å². The Balaban J connectivity index is 2.07. The summed E-state index contributed by atoms with van der Waals surface area (Å²) in [6.45, 7) is 8.95. The molecule has 0 aliphatic rings. The summed E-state index contributed by atoms with van der Waals surface area (Å²) in [6.07, 6.45) is 0.737. The van der Waals surface area contributed by atoms with Gasteiger partial charge in [-0.25, -0.2) is 8.42 Å². The van der Waals surface area contributed by atoms with Crippen LogP contribution in [0, 0.1) is 13.8 Å². The average molecular weight is 566 g/mol. The van der Waals surface area contributed by atoms with E-state index in [9.17, 15) is 18.0 Å². The number of carbonyl (C=O) groups excluding carboxylic acids is 2. The van der Waals surface area contributed by atoms with Crippen LogP contribution in [-0.4, -0.2) is 50.9 Å². The molecule has 3 rings (SSSR count). The van der Waals surface area contributed by atoms with Crippen LogP contribution in [0.5, 0.6) is 5.75 Å². The van der Waals surface area contributed by atoms with E-state index in [1.165, 1.54) is 24.1 Å². The maximum Gasteiger partial charge on any atom is 0.264 e. The van der Waals surface area contributed by atoms with Crippen molar-refractivity contribution in [2.45, 2.75) is 64.6 Å². The zero-order chi connectivity index (χ0) is 29.4. The van der Waals surface area contributed by atoms with Crippen molar-refractivity contribution in [1.29, 1.82) is 0 Å². The molecule has 9 heteroatoms. The lowest BCUT2D eigenvalue weighted by Gasteiger charge is -2.33. The molecule has 2 amide bonds. The van der Waals surface area contributed by atoms with Crippen LogP contribution in [0.1, 0.15) is 43.9 Å². The van der Waals surface area contributed by atoms with Gasteiger partial charge in [-0.15, -0.1) is 0 Å². The van der Waals surface area contributed by atoms with Crippen molar-refractivity contribution in [2.24, 2.45) is 0 Å². The van der Waals surface area contributed by atoms with Crippen LogP contribution in [0.2, 0.25) is 0 Å². The molecule has 40 heavy (non-hydrogen) atoms. The number of para-hydroxylation sites is 2. The molecule has 0 aliphatic carbocycles. The standard InChI is InChI=1S/C31H39N3O5S/c1-7-24(4)32-31(36)25(5)33(20-26-13-9-8-12-23(26)3)30(35)21-34(28-14-10-11-15-29(28)39-6)40(37,38)27-18-16-22(2)17-19-27/h8-19,24-25H,7,20-21H2,1-6H3,(H,32,36)/t24-,25+/m0/s1. The number of methoxy groups -OCH3 is 1. The molecular formula is C31H39N3O5S. The summed E-state index contributed by atoms with van der Waals surface area (Å²) in [4.78, 5) is 28.7. The SMILES string of the molecule is CC[C@H](C)NC(=O)[C@@H](C)N(Cc1ccccc1C)C(=O)CN(c1ccccc1OC)S(=O)(=O)c1ccc(C)cc1. The predicted octanol–water partition coefficient (Wildman–Crippen LogP) is 4.84. The summed E-state index contributed by atoms with van der Waals surface area (Å²) in [5, 5.41) is 2.95. The van der Waals surface area contributed by atoms with E-state index in [2.05, 4.69) is 5.32 Å². The van der Waals surface area contributed by atoms with Gasteiger partial charge in [0.05, 0.1) is 17.7 Å². The van der Waals surface area contributed by atoms with Crippen molar-refractivity contribution >= 4 is 27.5 Å². The summed E-state index contributed by atoms with van der Waals surface area (Å²) in [5.41, 5.74) is 2.96. The van der Waals surface area contributed by atoms with Crippen LogP contribution < -0.4 is 14.4 Å². The quantitative estimate of drug-likeness (QED) is 0.339. The number of nitrogens with one attached hydrogen (secondary N) is 1. The number of sulfonamides is 1. The largest absolute Gasteiger partial charge is 0.495 e. The normalized spacial score (nSPS) is 12.8. The van der Waals surface area contributed by atoms with Crippen LogP contribution in [0.25, 0.3) is 0 Å². The Kier molecular flexibility index (Phi) is 10.3. The molecular weight excluding hydrogens is 526 g/mol. The van der Waals surface area contributed by atoms with E-state index < -0.39 is 28.5 Å². The number of aryl methyl sites for hydroxylation is 2. The van der Waals surface area contributed by atoms with Gasteiger partial charge in [0.15, 0.2) is 0 Å². The first-order chi connectivity index (χ1) is 19.0. The smallest absolute Gasteiger partial charge is 0.264 e. The molecule has 0 bridgehead atoms. The van der Waals surface area contributed by atoms with E-state index in [-0.39, 0.29) is 29.1 Å². The van der Waals surface area contributed by atoms with E-state index in [0.717, 1.165) is 27.4 Å². The second-order valence-corrected chi connectivity index (χ2v) is 11.8. The lowest BCUT2D eigenvalue weighted by atomic mass is 10.1. The van der Waals surface area contributed by atoms with Crippen LogP contribution in [0.3, 0.4) is 0 Å². The monoisotopic (exact) mass is 565 g/mol. The molecule has 0 heterocycles. The minimum Gasteiger partial charge on any atom is -0.495 e. The molecule has 1 N–H and O–H groups in total. The van der Waals surface area contributed by atoms with Crippen LogP contribution in [0.15, 0.2) is 77.7 Å². The zero-order valence-corrected chi connectivity index (χ0v) is 24.9. The molecule has 8 nitrogen and oxygen atoms in total. The maximum atomic E-state index is 14.1. The summed E-state index contributed by atoms with van der Waals surface area (Å²) < 4.78 is 34.5. The highest BCUT2D eigenvalue weighted by Gasteiger charge is 2.34. The van der Waals surface area contributed by atoms with E-state index in [4.69, 9.17) is 4.74 Å². The number of amides is 2. The number of benzene rings is 3. The fourth-order valence-electron chi connectivity index (χ4n) is 4.21. The lowest BCUT2D eigenvalue weighted by molar-refractivity contribution is -0.139. The van der Waals surface area contributed by atoms with E-state index in [1.54, 1.807) is 43.3 Å². The van der Waals surface area contributed by atoms with Crippen molar-refractivity contribution in [3.8, 4) is 5.75 Å². The molecule has 0 spiro atoms. The first-order valence-electron chi connectivity index (χ1n) is 13.4. The summed E-state index contributed by atoms with van der Waals surface area (Å²) in [6, 6.07) is 19.8. The Hall–Kier alpha value is -3.85. The fraction of sp³-hybridized carbons (Fsp3) is 0.355. The minimum atomic E-state index is -4.18. The molecule has 0 aliphatic heterocycles. The summed E-state index contributed by atoms with van der Waals surface area (Å²) in [7, 11) is -2.73. The first-order valence-corrected chi connectivity index (χ1v) is 14.8. The number of carbonyl (C=O) groups is 2. The molecule has 0 unspecified atom stereocenters. The molecule has 3 aromatic rings. The zero-order valence-electron chi connectivity index (χ0n) is 24.0. The Morgan fingerprint density at radius 1 is 0.925 bits per heavy atom. The number of hydrogen-bond donors (Lipinski definition) is 1. The number of ether oxygens (including phenoxy) is 1. The number of hydrogen-bond acceptors (Lipinski definition) is 5. The Labute approximate surface area is 238 Å².